The minimum Gasteiger partial charge on any atom is -0.375 e. The molecular formula is C22H26F3N3O3S. The Kier molecular flexibility index (Phi) is 7.14. The first-order valence-corrected chi connectivity index (χ1v) is 11.7. The zero-order chi connectivity index (χ0) is 23.5. The van der Waals surface area contributed by atoms with Gasteiger partial charge >= 0.3 is 6.18 Å². The molecule has 2 N–H and O–H groups in total. The molecule has 0 radical (unpaired) electrons. The van der Waals surface area contributed by atoms with Crippen molar-refractivity contribution in [2.75, 3.05) is 30.3 Å². The van der Waals surface area contributed by atoms with Gasteiger partial charge in [0.1, 0.15) is 6.54 Å². The highest BCUT2D eigenvalue weighted by atomic mass is 32.2. The van der Waals surface area contributed by atoms with Crippen LogP contribution in [0.2, 0.25) is 0 Å². The highest BCUT2D eigenvalue weighted by Gasteiger charge is 2.32. The Hall–Kier alpha value is -2.59. The number of halogens is 3. The molecule has 10 heteroatoms. The number of amides is 1. The molecule has 0 unspecified atom stereocenters. The van der Waals surface area contributed by atoms with E-state index in [0.29, 0.717) is 12.8 Å². The maximum atomic E-state index is 12.9. The molecule has 0 saturated carbocycles. The molecule has 174 valence electrons. The van der Waals surface area contributed by atoms with E-state index in [1.165, 1.54) is 16.4 Å². The number of hydrogen-bond donors (Lipinski definition) is 2. The third-order valence-corrected chi connectivity index (χ3v) is 7.50. The molecule has 2 aromatic rings. The van der Waals surface area contributed by atoms with Gasteiger partial charge in [0.15, 0.2) is 0 Å². The summed E-state index contributed by atoms with van der Waals surface area (Å²) in [6.45, 7) is 2.94. The minimum atomic E-state index is -4.38. The molecule has 1 aliphatic heterocycles. The van der Waals surface area contributed by atoms with Crippen molar-refractivity contribution < 1.29 is 26.4 Å². The van der Waals surface area contributed by atoms with Gasteiger partial charge < -0.3 is 10.6 Å². The fraction of sp³-hybridized carbons (Fsp3) is 0.409. The lowest BCUT2D eigenvalue weighted by molar-refractivity contribution is -0.121. The van der Waals surface area contributed by atoms with Crippen molar-refractivity contribution in [2.45, 2.75) is 37.8 Å². The molecule has 1 amide bonds. The van der Waals surface area contributed by atoms with Crippen LogP contribution in [-0.4, -0.2) is 44.4 Å². The van der Waals surface area contributed by atoms with E-state index in [1.54, 1.807) is 30.3 Å². The third kappa shape index (κ3) is 5.80. The summed E-state index contributed by atoms with van der Waals surface area (Å²) in [7, 11) is -3.65. The zero-order valence-electron chi connectivity index (χ0n) is 17.9. The Morgan fingerprint density at radius 3 is 2.25 bits per heavy atom. The third-order valence-electron chi connectivity index (χ3n) is 5.61. The molecule has 32 heavy (non-hydrogen) atoms. The van der Waals surface area contributed by atoms with Gasteiger partial charge in [0.2, 0.25) is 15.9 Å². The highest BCUT2D eigenvalue weighted by Crippen LogP contribution is 2.28. The molecule has 0 bridgehead atoms. The van der Waals surface area contributed by atoms with Crippen molar-refractivity contribution in [1.82, 2.24) is 4.31 Å². The number of nitrogens with one attached hydrogen (secondary N) is 2. The summed E-state index contributed by atoms with van der Waals surface area (Å²) in [4.78, 5) is 12.9. The molecule has 1 fully saturated rings. The lowest BCUT2D eigenvalue weighted by Crippen LogP contribution is -2.41. The summed E-state index contributed by atoms with van der Waals surface area (Å²) in [5.41, 5.74) is 2.32. The molecule has 0 spiro atoms. The number of aryl methyl sites for hydroxylation is 2. The molecule has 2 aromatic carbocycles. The summed E-state index contributed by atoms with van der Waals surface area (Å²) >= 11 is 0. The summed E-state index contributed by atoms with van der Waals surface area (Å²) in [5, 5.41) is 4.97. The van der Waals surface area contributed by atoms with Gasteiger partial charge in [-0.3, -0.25) is 4.79 Å². The maximum Gasteiger partial charge on any atom is 0.405 e. The van der Waals surface area contributed by atoms with Crippen molar-refractivity contribution in [2.24, 2.45) is 5.92 Å². The summed E-state index contributed by atoms with van der Waals surface area (Å²) in [6.07, 6.45) is -3.73. The SMILES string of the molecule is Cc1ccc(S(=O)(=O)N2CCC(C(=O)Nc3ccccc3NCC(F)(F)F)CC2)cc1C. The number of nitrogens with zero attached hydrogens (tertiary/aromatic N) is 1. The van der Waals surface area contributed by atoms with Crippen LogP contribution in [0.3, 0.4) is 0 Å². The van der Waals surface area contributed by atoms with E-state index < -0.39 is 28.7 Å². The predicted molar refractivity (Wildman–Crippen MR) is 117 cm³/mol. The van der Waals surface area contributed by atoms with Gasteiger partial charge in [0.25, 0.3) is 0 Å². The van der Waals surface area contributed by atoms with Crippen LogP contribution in [-0.2, 0) is 14.8 Å². The normalized spacial score (nSPS) is 16.0. The van der Waals surface area contributed by atoms with Crippen LogP contribution in [0, 0.1) is 19.8 Å². The van der Waals surface area contributed by atoms with Crippen molar-refractivity contribution in [3.05, 3.63) is 53.6 Å². The van der Waals surface area contributed by atoms with Gasteiger partial charge in [-0.15, -0.1) is 0 Å². The van der Waals surface area contributed by atoms with Crippen molar-refractivity contribution >= 4 is 27.3 Å². The molecule has 1 saturated heterocycles. The average molecular weight is 470 g/mol. The number of alkyl halides is 3. The Bertz CT molecular complexity index is 1080. The van der Waals surface area contributed by atoms with Crippen molar-refractivity contribution in [3.8, 4) is 0 Å². The Balaban J connectivity index is 1.62. The Morgan fingerprint density at radius 1 is 1.03 bits per heavy atom. The number of carbonyl (C=O) groups is 1. The molecule has 0 aliphatic carbocycles. The van der Waals surface area contributed by atoms with Crippen LogP contribution in [0.4, 0.5) is 24.5 Å². The minimum absolute atomic E-state index is 0.174. The maximum absolute atomic E-state index is 12.9. The van der Waals surface area contributed by atoms with Crippen LogP contribution in [0.25, 0.3) is 0 Å². The first kappa shape index (κ1) is 24.1. The van der Waals surface area contributed by atoms with E-state index in [9.17, 15) is 26.4 Å². The number of sulfonamides is 1. The molecule has 6 nitrogen and oxygen atoms in total. The van der Waals surface area contributed by atoms with Crippen LogP contribution >= 0.6 is 0 Å². The monoisotopic (exact) mass is 469 g/mol. The quantitative estimate of drug-likeness (QED) is 0.661. The van der Waals surface area contributed by atoms with E-state index in [4.69, 9.17) is 0 Å². The second-order valence-corrected chi connectivity index (χ2v) is 9.87. The molecular weight excluding hydrogens is 443 g/mol. The average Bonchev–Trinajstić information content (AvgIpc) is 2.74. The first-order valence-electron chi connectivity index (χ1n) is 10.3. The number of piperidine rings is 1. The number of rotatable bonds is 6. The zero-order valence-corrected chi connectivity index (χ0v) is 18.7. The fourth-order valence-electron chi connectivity index (χ4n) is 3.56. The van der Waals surface area contributed by atoms with Crippen LogP contribution in [0.1, 0.15) is 24.0 Å². The topological polar surface area (TPSA) is 78.5 Å². The van der Waals surface area contributed by atoms with Gasteiger partial charge in [0.05, 0.1) is 16.3 Å². The molecule has 3 rings (SSSR count). The number of benzene rings is 2. The van der Waals surface area contributed by atoms with E-state index in [0.717, 1.165) is 11.1 Å². The lowest BCUT2D eigenvalue weighted by Gasteiger charge is -2.30. The molecule has 0 atom stereocenters. The second-order valence-electron chi connectivity index (χ2n) is 7.93. The van der Waals surface area contributed by atoms with Gasteiger partial charge in [-0.2, -0.15) is 17.5 Å². The predicted octanol–water partition coefficient (Wildman–Crippen LogP) is 4.32. The summed E-state index contributed by atoms with van der Waals surface area (Å²) < 4.78 is 64.8. The van der Waals surface area contributed by atoms with Crippen LogP contribution in [0.15, 0.2) is 47.4 Å². The Morgan fingerprint density at radius 2 is 1.66 bits per heavy atom. The summed E-state index contributed by atoms with van der Waals surface area (Å²) in [5.74, 6) is -0.772. The van der Waals surface area contributed by atoms with Crippen LogP contribution < -0.4 is 10.6 Å². The van der Waals surface area contributed by atoms with Crippen molar-refractivity contribution in [1.29, 1.82) is 0 Å². The summed E-state index contributed by atoms with van der Waals surface area (Å²) in [6, 6.07) is 11.2. The number of carbonyl (C=O) groups excluding carboxylic acids is 1. The molecule has 1 heterocycles. The van der Waals surface area contributed by atoms with Crippen molar-refractivity contribution in [3.63, 3.8) is 0 Å². The fourth-order valence-corrected chi connectivity index (χ4v) is 5.11. The van der Waals surface area contributed by atoms with E-state index in [2.05, 4.69) is 10.6 Å². The van der Waals surface area contributed by atoms with Gasteiger partial charge in [-0.25, -0.2) is 8.42 Å². The number of para-hydroxylation sites is 2. The Labute approximate surface area is 185 Å². The van der Waals surface area contributed by atoms with Gasteiger partial charge in [-0.1, -0.05) is 18.2 Å². The van der Waals surface area contributed by atoms with E-state index in [-0.39, 0.29) is 35.3 Å². The lowest BCUT2D eigenvalue weighted by atomic mass is 9.97. The molecule has 1 aliphatic rings. The number of anilines is 2. The van der Waals surface area contributed by atoms with Gasteiger partial charge in [0, 0.05) is 19.0 Å². The largest absolute Gasteiger partial charge is 0.405 e. The standard InChI is InChI=1S/C22H26F3N3O3S/c1-15-7-8-18(13-16(15)2)32(30,31)28-11-9-17(10-12-28)21(29)27-20-6-4-3-5-19(20)26-14-22(23,24)25/h3-8,13,17,26H,9-12,14H2,1-2H3,(H,27,29). The van der Waals surface area contributed by atoms with Crippen LogP contribution in [0.5, 0.6) is 0 Å². The van der Waals surface area contributed by atoms with E-state index in [1.807, 2.05) is 13.8 Å². The molecule has 0 aromatic heterocycles. The number of hydrogen-bond acceptors (Lipinski definition) is 4. The first-order chi connectivity index (χ1) is 15.0. The highest BCUT2D eigenvalue weighted by molar-refractivity contribution is 7.89. The van der Waals surface area contributed by atoms with Gasteiger partial charge in [-0.05, 0) is 62.1 Å². The van der Waals surface area contributed by atoms with E-state index >= 15 is 0 Å². The smallest absolute Gasteiger partial charge is 0.375 e. The second kappa shape index (κ2) is 9.50.